The van der Waals surface area contributed by atoms with Crippen LogP contribution in [0.5, 0.6) is 0 Å². The van der Waals surface area contributed by atoms with Crippen LogP contribution in [-0.2, 0) is 4.84 Å². The molecule has 0 N–H and O–H groups in total. The average molecular weight is 177 g/mol. The predicted molar refractivity (Wildman–Crippen MR) is 51.9 cm³/mol. The molecule has 1 fully saturated rings. The normalized spacial score (nSPS) is 26.7. The van der Waals surface area contributed by atoms with E-state index >= 15 is 0 Å². The molecule has 11 heavy (non-hydrogen) atoms. The number of thiol groups is 1. The van der Waals surface area contributed by atoms with E-state index < -0.39 is 0 Å². The predicted octanol–water partition coefficient (Wildman–Crippen LogP) is 1.97. The molecule has 68 valence electrons. The first-order valence-electron chi connectivity index (χ1n) is 3.59. The molecule has 1 unspecified atom stereocenters. The molecule has 0 aromatic carbocycles. The van der Waals surface area contributed by atoms with Crippen molar-refractivity contribution in [3.05, 3.63) is 0 Å². The minimum atomic E-state index is 0. The van der Waals surface area contributed by atoms with E-state index in [-0.39, 0.29) is 13.0 Å². The van der Waals surface area contributed by atoms with Gasteiger partial charge in [-0.05, 0) is 20.8 Å². The van der Waals surface area contributed by atoms with Gasteiger partial charge in [-0.2, -0.15) is 17.7 Å². The molecular formula is C8H19NOS. The first-order chi connectivity index (χ1) is 4.50. The summed E-state index contributed by atoms with van der Waals surface area (Å²) < 4.78 is 0. The molecule has 0 aromatic heterocycles. The molecule has 1 saturated heterocycles. The van der Waals surface area contributed by atoms with Gasteiger partial charge in [-0.3, -0.25) is 4.84 Å². The first-order valence-corrected chi connectivity index (χ1v) is 4.10. The van der Waals surface area contributed by atoms with E-state index in [0.29, 0.717) is 5.25 Å². The zero-order chi connectivity index (χ0) is 7.78. The van der Waals surface area contributed by atoms with E-state index in [0.717, 1.165) is 13.2 Å². The van der Waals surface area contributed by atoms with Crippen molar-refractivity contribution >= 4 is 12.6 Å². The Morgan fingerprint density at radius 3 is 2.18 bits per heavy atom. The van der Waals surface area contributed by atoms with Crippen molar-refractivity contribution in [2.24, 2.45) is 0 Å². The van der Waals surface area contributed by atoms with Gasteiger partial charge in [0.25, 0.3) is 0 Å². The Balaban J connectivity index is 0.000001000. The summed E-state index contributed by atoms with van der Waals surface area (Å²) in [7, 11) is 0. The molecule has 0 radical (unpaired) electrons. The highest BCUT2D eigenvalue weighted by molar-refractivity contribution is 7.81. The minimum absolute atomic E-state index is 0. The van der Waals surface area contributed by atoms with E-state index in [9.17, 15) is 0 Å². The smallest absolute Gasteiger partial charge is 0.0814 e. The van der Waals surface area contributed by atoms with Crippen molar-refractivity contribution in [3.8, 4) is 0 Å². The molecule has 2 nitrogen and oxygen atoms in total. The molecule has 0 aromatic rings. The lowest BCUT2D eigenvalue weighted by Crippen LogP contribution is -2.38. The summed E-state index contributed by atoms with van der Waals surface area (Å²) in [5.41, 5.74) is 0.123. The molecule has 0 bridgehead atoms. The van der Waals surface area contributed by atoms with Gasteiger partial charge in [0.2, 0.25) is 0 Å². The number of nitrogens with zero attached hydrogens (tertiary/aromatic N) is 1. The maximum absolute atomic E-state index is 5.39. The van der Waals surface area contributed by atoms with Crippen LogP contribution in [0.15, 0.2) is 0 Å². The van der Waals surface area contributed by atoms with Crippen LogP contribution in [-0.4, -0.2) is 29.0 Å². The van der Waals surface area contributed by atoms with Crippen LogP contribution < -0.4 is 0 Å². The molecule has 0 saturated carbocycles. The fourth-order valence-corrected chi connectivity index (χ4v) is 1.16. The van der Waals surface area contributed by atoms with E-state index in [2.05, 4.69) is 33.4 Å². The second kappa shape index (κ2) is 3.78. The van der Waals surface area contributed by atoms with Gasteiger partial charge >= 0.3 is 0 Å². The standard InChI is InChI=1S/C7H15NOS.CH4/c1-7(2,3)8-4-6(10)5-9-8;/h6,10H,4-5H2,1-3H3;1H4. The van der Waals surface area contributed by atoms with E-state index in [1.165, 1.54) is 0 Å². The molecule has 0 aliphatic carbocycles. The van der Waals surface area contributed by atoms with Gasteiger partial charge in [-0.15, -0.1) is 0 Å². The summed E-state index contributed by atoms with van der Waals surface area (Å²) in [5, 5.41) is 2.38. The summed E-state index contributed by atoms with van der Waals surface area (Å²) in [5.74, 6) is 0. The third-order valence-corrected chi connectivity index (χ3v) is 1.86. The van der Waals surface area contributed by atoms with Crippen molar-refractivity contribution in [3.63, 3.8) is 0 Å². The number of hydroxylamine groups is 2. The van der Waals surface area contributed by atoms with Crippen molar-refractivity contribution in [2.75, 3.05) is 13.2 Å². The third kappa shape index (κ3) is 3.01. The van der Waals surface area contributed by atoms with Crippen LogP contribution in [0.25, 0.3) is 0 Å². The van der Waals surface area contributed by atoms with Gasteiger partial charge < -0.3 is 0 Å². The minimum Gasteiger partial charge on any atom is -0.297 e. The second-order valence-corrected chi connectivity index (χ2v) is 4.41. The Labute approximate surface area is 75.3 Å². The van der Waals surface area contributed by atoms with Crippen molar-refractivity contribution in [1.82, 2.24) is 5.06 Å². The third-order valence-electron chi connectivity index (χ3n) is 1.55. The molecule has 0 spiro atoms. The largest absolute Gasteiger partial charge is 0.297 e. The van der Waals surface area contributed by atoms with Crippen molar-refractivity contribution < 1.29 is 4.84 Å². The summed E-state index contributed by atoms with van der Waals surface area (Å²) in [6.45, 7) is 8.10. The summed E-state index contributed by atoms with van der Waals surface area (Å²) >= 11 is 4.32. The van der Waals surface area contributed by atoms with E-state index in [1.54, 1.807) is 0 Å². The molecule has 3 heteroatoms. The zero-order valence-corrected chi connectivity index (χ0v) is 7.69. The molecule has 0 amide bonds. The van der Waals surface area contributed by atoms with Crippen LogP contribution in [0, 0.1) is 0 Å². The summed E-state index contributed by atoms with van der Waals surface area (Å²) in [6, 6.07) is 0. The lowest BCUT2D eigenvalue weighted by atomic mass is 10.1. The molecule has 1 heterocycles. The Bertz CT molecular complexity index is 122. The molecule has 1 atom stereocenters. The van der Waals surface area contributed by atoms with Gasteiger partial charge in [0.15, 0.2) is 0 Å². The van der Waals surface area contributed by atoms with Crippen LogP contribution in [0.2, 0.25) is 0 Å². The molecule has 1 aliphatic heterocycles. The van der Waals surface area contributed by atoms with E-state index in [1.807, 2.05) is 5.06 Å². The monoisotopic (exact) mass is 177 g/mol. The lowest BCUT2D eigenvalue weighted by molar-refractivity contribution is -0.166. The van der Waals surface area contributed by atoms with Gasteiger partial charge in [-0.1, -0.05) is 7.43 Å². The molecule has 1 aliphatic rings. The van der Waals surface area contributed by atoms with Crippen LogP contribution >= 0.6 is 12.6 Å². The Morgan fingerprint density at radius 2 is 2.00 bits per heavy atom. The fourth-order valence-electron chi connectivity index (χ4n) is 0.940. The van der Waals surface area contributed by atoms with Crippen LogP contribution in [0.1, 0.15) is 28.2 Å². The topological polar surface area (TPSA) is 12.5 Å². The fraction of sp³-hybridized carbons (Fsp3) is 1.00. The number of rotatable bonds is 0. The highest BCUT2D eigenvalue weighted by atomic mass is 32.1. The summed E-state index contributed by atoms with van der Waals surface area (Å²) in [6.07, 6.45) is 0. The van der Waals surface area contributed by atoms with Gasteiger partial charge in [0.05, 0.1) is 6.61 Å². The maximum Gasteiger partial charge on any atom is 0.0814 e. The lowest BCUT2D eigenvalue weighted by Gasteiger charge is -2.29. The van der Waals surface area contributed by atoms with Crippen LogP contribution in [0.3, 0.4) is 0 Å². The van der Waals surface area contributed by atoms with Crippen molar-refractivity contribution in [2.45, 2.75) is 39.0 Å². The first kappa shape index (κ1) is 11.3. The van der Waals surface area contributed by atoms with Gasteiger partial charge in [-0.25, -0.2) is 0 Å². The van der Waals surface area contributed by atoms with Crippen LogP contribution in [0.4, 0.5) is 0 Å². The maximum atomic E-state index is 5.39. The van der Waals surface area contributed by atoms with Gasteiger partial charge in [0, 0.05) is 17.3 Å². The highest BCUT2D eigenvalue weighted by Crippen LogP contribution is 2.20. The number of hydrogen-bond donors (Lipinski definition) is 1. The van der Waals surface area contributed by atoms with E-state index in [4.69, 9.17) is 4.84 Å². The Kier molecular flexibility index (Phi) is 3.88. The highest BCUT2D eigenvalue weighted by Gasteiger charge is 2.29. The quantitative estimate of drug-likeness (QED) is 0.568. The number of hydrogen-bond acceptors (Lipinski definition) is 3. The Hall–Kier alpha value is 0.270. The second-order valence-electron chi connectivity index (χ2n) is 3.68. The zero-order valence-electron chi connectivity index (χ0n) is 6.79. The molecule has 1 rings (SSSR count). The van der Waals surface area contributed by atoms with Crippen molar-refractivity contribution in [1.29, 1.82) is 0 Å². The Morgan fingerprint density at radius 1 is 1.45 bits per heavy atom. The molecular weight excluding hydrogens is 158 g/mol. The average Bonchev–Trinajstić information content (AvgIpc) is 2.11. The van der Waals surface area contributed by atoms with Gasteiger partial charge in [0.1, 0.15) is 0 Å². The SMILES string of the molecule is C.CC(C)(C)N1CC(S)CO1. The summed E-state index contributed by atoms with van der Waals surface area (Å²) in [4.78, 5) is 5.39.